The van der Waals surface area contributed by atoms with Gasteiger partial charge in [-0.15, -0.1) is 0 Å². The van der Waals surface area contributed by atoms with Crippen LogP contribution in [-0.2, 0) is 21.4 Å². The van der Waals surface area contributed by atoms with Crippen molar-refractivity contribution in [3.8, 4) is 5.75 Å². The number of benzene rings is 1. The van der Waals surface area contributed by atoms with E-state index in [1.54, 1.807) is 7.11 Å². The van der Waals surface area contributed by atoms with Gasteiger partial charge in [0.05, 0.1) is 0 Å². The van der Waals surface area contributed by atoms with Gasteiger partial charge < -0.3 is 14.7 Å². The summed E-state index contributed by atoms with van der Waals surface area (Å²) in [6.45, 7) is 2.93. The summed E-state index contributed by atoms with van der Waals surface area (Å²) >= 11 is 0. The highest BCUT2D eigenvalue weighted by atomic mass is 16.5. The summed E-state index contributed by atoms with van der Waals surface area (Å²) in [5, 5.41) is 10.8. The lowest BCUT2D eigenvalue weighted by Gasteiger charge is -2.58. The summed E-state index contributed by atoms with van der Waals surface area (Å²) in [5.41, 5.74) is 3.00. The molecule has 0 amide bonds. The molecule has 4 heteroatoms. The first-order chi connectivity index (χ1) is 11.0. The third kappa shape index (κ3) is 1.94. The third-order valence-corrected chi connectivity index (χ3v) is 6.65. The molecule has 4 atom stereocenters. The van der Waals surface area contributed by atoms with Crippen molar-refractivity contribution < 1.29 is 14.6 Å². The van der Waals surface area contributed by atoms with Crippen LogP contribution >= 0.6 is 0 Å². The van der Waals surface area contributed by atoms with Gasteiger partial charge in [-0.1, -0.05) is 12.1 Å². The molecule has 1 aromatic rings. The molecule has 1 heterocycles. The van der Waals surface area contributed by atoms with Crippen molar-refractivity contribution in [2.75, 3.05) is 20.7 Å². The maximum absolute atomic E-state index is 12.6. The number of phenolic OH excluding ortho intramolecular Hbond substituents is 1. The van der Waals surface area contributed by atoms with E-state index in [4.69, 9.17) is 4.74 Å². The van der Waals surface area contributed by atoms with Crippen molar-refractivity contribution in [3.05, 3.63) is 28.8 Å². The Hall–Kier alpha value is -1.39. The fraction of sp³-hybridized carbons (Fsp3) is 0.632. The fourth-order valence-corrected chi connectivity index (χ4v) is 5.40. The first-order valence-electron chi connectivity index (χ1n) is 8.55. The fourth-order valence-electron chi connectivity index (χ4n) is 5.40. The summed E-state index contributed by atoms with van der Waals surface area (Å²) in [6, 6.07) is 4.59. The molecule has 124 valence electrons. The topological polar surface area (TPSA) is 49.8 Å². The summed E-state index contributed by atoms with van der Waals surface area (Å²) in [5.74, 6) is 0.990. The Kier molecular flexibility index (Phi) is 3.33. The Morgan fingerprint density at radius 1 is 1.39 bits per heavy atom. The van der Waals surface area contributed by atoms with Gasteiger partial charge in [0, 0.05) is 30.6 Å². The number of piperidine rings is 1. The molecule has 3 unspecified atom stereocenters. The van der Waals surface area contributed by atoms with E-state index in [9.17, 15) is 9.90 Å². The van der Waals surface area contributed by atoms with Crippen LogP contribution in [0.4, 0.5) is 0 Å². The molecule has 23 heavy (non-hydrogen) atoms. The standard InChI is InChI=1S/C19H25NO3/c1-11-4-5-12-8-14-13-9-16(23-3)15(21)10-19(13,6-7-20(14)2)17(12)18(11)22/h4-5,13-14,16,22H,6-10H2,1-3H3/t13?,14?,16?,19-/m1/s1. The minimum Gasteiger partial charge on any atom is -0.507 e. The molecule has 4 nitrogen and oxygen atoms in total. The lowest BCUT2D eigenvalue weighted by atomic mass is 9.51. The maximum Gasteiger partial charge on any atom is 0.162 e. The van der Waals surface area contributed by atoms with Gasteiger partial charge in [0.2, 0.25) is 0 Å². The minimum absolute atomic E-state index is 0.195. The van der Waals surface area contributed by atoms with Crippen molar-refractivity contribution in [1.29, 1.82) is 0 Å². The average molecular weight is 315 g/mol. The van der Waals surface area contributed by atoms with E-state index in [1.165, 1.54) is 5.56 Å². The predicted molar refractivity (Wildman–Crippen MR) is 87.8 cm³/mol. The van der Waals surface area contributed by atoms with Gasteiger partial charge in [-0.2, -0.15) is 0 Å². The van der Waals surface area contributed by atoms with Crippen LogP contribution in [-0.4, -0.2) is 48.6 Å². The van der Waals surface area contributed by atoms with Gasteiger partial charge in [-0.05, 0) is 56.8 Å². The molecule has 1 saturated carbocycles. The Morgan fingerprint density at radius 2 is 2.17 bits per heavy atom. The number of aryl methyl sites for hydroxylation is 1. The zero-order valence-corrected chi connectivity index (χ0v) is 14.1. The zero-order chi connectivity index (χ0) is 16.4. The summed E-state index contributed by atoms with van der Waals surface area (Å²) in [6.07, 6.45) is 2.89. The van der Waals surface area contributed by atoms with Crippen molar-refractivity contribution in [2.45, 2.75) is 50.2 Å². The largest absolute Gasteiger partial charge is 0.507 e. The van der Waals surface area contributed by atoms with Crippen molar-refractivity contribution in [3.63, 3.8) is 0 Å². The minimum atomic E-state index is -0.282. The Bertz CT molecular complexity index is 671. The number of ketones is 1. The number of carbonyl (C=O) groups is 1. The Labute approximate surface area is 137 Å². The molecule has 0 radical (unpaired) electrons. The number of ether oxygens (including phenoxy) is 1. The molecule has 1 aromatic carbocycles. The monoisotopic (exact) mass is 315 g/mol. The van der Waals surface area contributed by atoms with Crippen LogP contribution in [0.1, 0.15) is 36.0 Å². The van der Waals surface area contributed by atoms with Crippen molar-refractivity contribution in [2.24, 2.45) is 5.92 Å². The van der Waals surface area contributed by atoms with Gasteiger partial charge in [-0.25, -0.2) is 0 Å². The smallest absolute Gasteiger partial charge is 0.162 e. The number of aromatic hydroxyl groups is 1. The molecule has 0 spiro atoms. The van der Waals surface area contributed by atoms with Gasteiger partial charge >= 0.3 is 0 Å². The lowest BCUT2D eigenvalue weighted by Crippen LogP contribution is -2.63. The number of hydrogen-bond donors (Lipinski definition) is 1. The number of hydrogen-bond acceptors (Lipinski definition) is 4. The Balaban J connectivity index is 1.92. The molecule has 2 aliphatic carbocycles. The van der Waals surface area contributed by atoms with E-state index in [0.29, 0.717) is 24.1 Å². The molecule has 3 aliphatic rings. The molecular formula is C19H25NO3. The van der Waals surface area contributed by atoms with E-state index in [-0.39, 0.29) is 17.3 Å². The zero-order valence-electron chi connectivity index (χ0n) is 14.1. The second-order valence-electron chi connectivity index (χ2n) is 7.63. The third-order valence-electron chi connectivity index (χ3n) is 6.65. The summed E-state index contributed by atoms with van der Waals surface area (Å²) < 4.78 is 5.46. The molecule has 2 bridgehead atoms. The number of likely N-dealkylation sites (N-methyl/N-ethyl adjacent to an activating group) is 1. The predicted octanol–water partition coefficient (Wildman–Crippen LogP) is 2.19. The van der Waals surface area contributed by atoms with Crippen LogP contribution < -0.4 is 0 Å². The number of methoxy groups -OCH3 is 1. The van der Waals surface area contributed by atoms with Gasteiger partial charge in [-0.3, -0.25) is 4.79 Å². The molecule has 1 aliphatic heterocycles. The normalized spacial score (nSPS) is 36.5. The second-order valence-corrected chi connectivity index (χ2v) is 7.63. The number of Topliss-reactive ketones (excluding diaryl/α,β-unsaturated/α-hetero) is 1. The molecule has 4 rings (SSSR count). The summed E-state index contributed by atoms with van der Waals surface area (Å²) in [4.78, 5) is 15.1. The molecular weight excluding hydrogens is 290 g/mol. The van der Waals surface area contributed by atoms with E-state index >= 15 is 0 Å². The first kappa shape index (κ1) is 15.2. The first-order valence-corrected chi connectivity index (χ1v) is 8.55. The van der Waals surface area contributed by atoms with Crippen LogP contribution in [0.25, 0.3) is 0 Å². The van der Waals surface area contributed by atoms with Crippen molar-refractivity contribution >= 4 is 5.78 Å². The quantitative estimate of drug-likeness (QED) is 0.863. The van der Waals surface area contributed by atoms with Gasteiger partial charge in [0.15, 0.2) is 5.78 Å². The van der Waals surface area contributed by atoms with Crippen LogP contribution in [0, 0.1) is 12.8 Å². The van der Waals surface area contributed by atoms with E-state index in [0.717, 1.165) is 36.9 Å². The van der Waals surface area contributed by atoms with Crippen molar-refractivity contribution in [1.82, 2.24) is 4.90 Å². The highest BCUT2D eigenvalue weighted by Crippen LogP contribution is 2.57. The van der Waals surface area contributed by atoms with E-state index < -0.39 is 0 Å². The highest BCUT2D eigenvalue weighted by Gasteiger charge is 2.58. The number of likely N-dealkylation sites (tertiary alicyclic amines) is 1. The highest BCUT2D eigenvalue weighted by molar-refractivity contribution is 5.86. The van der Waals surface area contributed by atoms with Gasteiger partial charge in [0.25, 0.3) is 0 Å². The SMILES string of the molecule is COC1CC2C3Cc4ccc(C)c(O)c4[C@]2(CCN3C)CC1=O. The summed E-state index contributed by atoms with van der Waals surface area (Å²) in [7, 11) is 3.82. The van der Waals surface area contributed by atoms with E-state index in [2.05, 4.69) is 18.0 Å². The number of nitrogens with zero attached hydrogens (tertiary/aromatic N) is 1. The van der Waals surface area contributed by atoms with Crippen LogP contribution in [0.2, 0.25) is 0 Å². The van der Waals surface area contributed by atoms with Crippen LogP contribution in [0.3, 0.4) is 0 Å². The van der Waals surface area contributed by atoms with E-state index in [1.807, 2.05) is 13.0 Å². The maximum atomic E-state index is 12.6. The molecule has 1 N–H and O–H groups in total. The second kappa shape index (κ2) is 5.05. The Morgan fingerprint density at radius 3 is 2.91 bits per heavy atom. The number of rotatable bonds is 1. The average Bonchev–Trinajstić information content (AvgIpc) is 2.53. The van der Waals surface area contributed by atoms with Gasteiger partial charge in [0.1, 0.15) is 11.9 Å². The number of fused-ring (bicyclic) bond motifs is 1. The molecule has 1 saturated heterocycles. The molecule has 2 fully saturated rings. The number of carbonyl (C=O) groups excluding carboxylic acids is 1. The molecule has 0 aromatic heterocycles. The van der Waals surface area contributed by atoms with Crippen LogP contribution in [0.15, 0.2) is 12.1 Å². The number of phenols is 1. The van der Waals surface area contributed by atoms with Crippen LogP contribution in [0.5, 0.6) is 5.75 Å². The lowest BCUT2D eigenvalue weighted by molar-refractivity contribution is -0.141.